The van der Waals surface area contributed by atoms with E-state index in [0.29, 0.717) is 0 Å². The summed E-state index contributed by atoms with van der Waals surface area (Å²) in [5.74, 6) is 0. The van der Waals surface area contributed by atoms with Crippen LogP contribution in [0.1, 0.15) is 41.5 Å². The fourth-order valence-corrected chi connectivity index (χ4v) is 1.78. The van der Waals surface area contributed by atoms with Crippen molar-refractivity contribution in [2.24, 2.45) is 0 Å². The summed E-state index contributed by atoms with van der Waals surface area (Å²) in [6.45, 7) is 20.6. The van der Waals surface area contributed by atoms with E-state index >= 15 is 0 Å². The Labute approximate surface area is 88.7 Å². The van der Waals surface area contributed by atoms with Gasteiger partial charge < -0.3 is 0 Å². The molecule has 0 aliphatic carbocycles. The molecule has 0 aromatic carbocycles. The van der Waals surface area contributed by atoms with Gasteiger partial charge in [0.25, 0.3) is 0 Å². The van der Waals surface area contributed by atoms with Crippen LogP contribution in [0.2, 0.25) is 0 Å². The third-order valence-electron chi connectivity index (χ3n) is 2.10. The monoisotopic (exact) mass is 190 g/mol. The Bertz CT molecular complexity index is 280. The molecule has 0 aromatic rings. The van der Waals surface area contributed by atoms with Crippen molar-refractivity contribution in [2.75, 3.05) is 0 Å². The van der Waals surface area contributed by atoms with Gasteiger partial charge in [0.2, 0.25) is 0 Å². The molecular formula is C14H22. The van der Waals surface area contributed by atoms with Gasteiger partial charge in [0, 0.05) is 0 Å². The molecule has 0 saturated heterocycles. The van der Waals surface area contributed by atoms with E-state index in [4.69, 9.17) is 0 Å². The zero-order valence-corrected chi connectivity index (χ0v) is 10.4. The van der Waals surface area contributed by atoms with Gasteiger partial charge in [-0.1, -0.05) is 35.5 Å². The summed E-state index contributed by atoms with van der Waals surface area (Å²) in [5.41, 5.74) is 7.36. The van der Waals surface area contributed by atoms with Crippen molar-refractivity contribution in [3.8, 4) is 0 Å². The van der Waals surface area contributed by atoms with Crippen molar-refractivity contribution in [2.45, 2.75) is 41.5 Å². The van der Waals surface area contributed by atoms with E-state index in [2.05, 4.69) is 40.9 Å². The van der Waals surface area contributed by atoms with Gasteiger partial charge in [0.05, 0.1) is 0 Å². The Morgan fingerprint density at radius 3 is 0.857 bits per heavy atom. The molecule has 0 nitrogen and oxygen atoms in total. The molecule has 0 aromatic heterocycles. The van der Waals surface area contributed by atoms with E-state index in [0.717, 1.165) is 11.1 Å². The molecule has 0 heterocycles. The minimum Gasteiger partial charge on any atom is -0.0955 e. The van der Waals surface area contributed by atoms with Gasteiger partial charge in [-0.2, -0.15) is 0 Å². The molecule has 0 rings (SSSR count). The Kier molecular flexibility index (Phi) is 4.62. The fourth-order valence-electron chi connectivity index (χ4n) is 1.78. The highest BCUT2D eigenvalue weighted by Crippen LogP contribution is 2.29. The molecule has 0 atom stereocenters. The lowest BCUT2D eigenvalue weighted by atomic mass is 9.89. The first-order valence-corrected chi connectivity index (χ1v) is 4.96. The van der Waals surface area contributed by atoms with Crippen molar-refractivity contribution >= 4 is 0 Å². The van der Waals surface area contributed by atoms with E-state index in [1.807, 2.05) is 13.8 Å². The van der Waals surface area contributed by atoms with Crippen LogP contribution >= 0.6 is 0 Å². The molecule has 0 spiro atoms. The maximum atomic E-state index is 4.03. The number of hydrogen-bond acceptors (Lipinski definition) is 0. The Hall–Kier alpha value is -1.04. The number of rotatable bonds is 3. The summed E-state index contributed by atoms with van der Waals surface area (Å²) in [4.78, 5) is 0. The molecular weight excluding hydrogens is 168 g/mol. The quantitative estimate of drug-likeness (QED) is 0.560. The van der Waals surface area contributed by atoms with E-state index in [9.17, 15) is 0 Å². The lowest BCUT2D eigenvalue weighted by molar-refractivity contribution is 1.18. The topological polar surface area (TPSA) is 0 Å². The molecule has 0 unspecified atom stereocenters. The standard InChI is InChI=1S/C14H22/c1-9(2)13(10(3)4)14(11(5)6)12(7)8/h1,5H2,2-4,6-8H3. The zero-order chi connectivity index (χ0) is 11.5. The second-order valence-corrected chi connectivity index (χ2v) is 4.31. The summed E-state index contributed by atoms with van der Waals surface area (Å²) in [5, 5.41) is 0. The van der Waals surface area contributed by atoms with Gasteiger partial charge in [0.1, 0.15) is 0 Å². The molecule has 0 N–H and O–H groups in total. The van der Waals surface area contributed by atoms with E-state index in [1.54, 1.807) is 0 Å². The summed E-state index contributed by atoms with van der Waals surface area (Å²) in [6.07, 6.45) is 0. The minimum atomic E-state index is 1.12. The highest BCUT2D eigenvalue weighted by Gasteiger charge is 2.10. The molecule has 14 heavy (non-hydrogen) atoms. The second kappa shape index (κ2) is 4.99. The maximum Gasteiger partial charge on any atom is -0.0172 e. The molecule has 0 saturated carbocycles. The van der Waals surface area contributed by atoms with Gasteiger partial charge in [-0.3, -0.25) is 0 Å². The number of allylic oxidation sites excluding steroid dienone is 6. The van der Waals surface area contributed by atoms with Crippen molar-refractivity contribution in [3.63, 3.8) is 0 Å². The first kappa shape index (κ1) is 13.0. The van der Waals surface area contributed by atoms with E-state index < -0.39 is 0 Å². The van der Waals surface area contributed by atoms with Crippen LogP contribution < -0.4 is 0 Å². The van der Waals surface area contributed by atoms with Gasteiger partial charge in [-0.25, -0.2) is 0 Å². The predicted octanol–water partition coefficient (Wildman–Crippen LogP) is 4.81. The van der Waals surface area contributed by atoms with E-state index in [1.165, 1.54) is 22.3 Å². The molecule has 78 valence electrons. The normalized spacial score (nSPS) is 9.29. The Morgan fingerprint density at radius 1 is 0.571 bits per heavy atom. The number of hydrogen-bond donors (Lipinski definition) is 0. The van der Waals surface area contributed by atoms with Gasteiger partial charge >= 0.3 is 0 Å². The molecule has 0 radical (unpaired) electrons. The van der Waals surface area contributed by atoms with Crippen molar-refractivity contribution in [1.82, 2.24) is 0 Å². The molecule has 0 bridgehead atoms. The van der Waals surface area contributed by atoms with Crippen LogP contribution in [0.5, 0.6) is 0 Å². The third kappa shape index (κ3) is 3.02. The van der Waals surface area contributed by atoms with Gasteiger partial charge in [-0.05, 0) is 52.7 Å². The van der Waals surface area contributed by atoms with Crippen LogP contribution in [0, 0.1) is 0 Å². The zero-order valence-electron chi connectivity index (χ0n) is 10.4. The smallest absolute Gasteiger partial charge is 0.0172 e. The lowest BCUT2D eigenvalue weighted by Crippen LogP contribution is -1.97. The first-order chi connectivity index (χ1) is 6.29. The molecule has 0 amide bonds. The summed E-state index contributed by atoms with van der Waals surface area (Å²) < 4.78 is 0. The first-order valence-electron chi connectivity index (χ1n) is 4.96. The van der Waals surface area contributed by atoms with Crippen LogP contribution in [-0.2, 0) is 0 Å². The second-order valence-electron chi connectivity index (χ2n) is 4.31. The summed E-state index contributed by atoms with van der Waals surface area (Å²) in [7, 11) is 0. The van der Waals surface area contributed by atoms with Crippen LogP contribution in [0.4, 0.5) is 0 Å². The van der Waals surface area contributed by atoms with Gasteiger partial charge in [-0.15, -0.1) is 0 Å². The summed E-state index contributed by atoms with van der Waals surface area (Å²) >= 11 is 0. The van der Waals surface area contributed by atoms with Crippen LogP contribution in [0.15, 0.2) is 46.6 Å². The third-order valence-corrected chi connectivity index (χ3v) is 2.10. The highest BCUT2D eigenvalue weighted by molar-refractivity contribution is 5.56. The van der Waals surface area contributed by atoms with Crippen molar-refractivity contribution in [3.05, 3.63) is 46.6 Å². The van der Waals surface area contributed by atoms with Crippen LogP contribution in [-0.4, -0.2) is 0 Å². The van der Waals surface area contributed by atoms with Gasteiger partial charge in [0.15, 0.2) is 0 Å². The maximum absolute atomic E-state index is 4.03. The summed E-state index contributed by atoms with van der Waals surface area (Å²) in [6, 6.07) is 0. The average Bonchev–Trinajstić information content (AvgIpc) is 1.96. The molecule has 0 heteroatoms. The van der Waals surface area contributed by atoms with Crippen molar-refractivity contribution in [1.29, 1.82) is 0 Å². The fraction of sp³-hybridized carbons (Fsp3) is 0.429. The molecule has 0 aliphatic heterocycles. The largest absolute Gasteiger partial charge is 0.0955 e. The van der Waals surface area contributed by atoms with Crippen LogP contribution in [0.3, 0.4) is 0 Å². The van der Waals surface area contributed by atoms with E-state index in [-0.39, 0.29) is 0 Å². The lowest BCUT2D eigenvalue weighted by Gasteiger charge is -2.16. The molecule has 0 fully saturated rings. The highest BCUT2D eigenvalue weighted by atomic mass is 14.1. The van der Waals surface area contributed by atoms with Crippen LogP contribution in [0.25, 0.3) is 0 Å². The Balaban J connectivity index is 5.66. The average molecular weight is 190 g/mol. The SMILES string of the molecule is C=C(C)C(=C(C)C)C(C(=C)C)=C(C)C. The Morgan fingerprint density at radius 2 is 0.786 bits per heavy atom. The predicted molar refractivity (Wildman–Crippen MR) is 66.4 cm³/mol. The minimum absolute atomic E-state index is 1.12. The van der Waals surface area contributed by atoms with Crippen molar-refractivity contribution < 1.29 is 0 Å². The molecule has 0 aliphatic rings.